The Labute approximate surface area is 190 Å². The van der Waals surface area contributed by atoms with E-state index in [1.807, 2.05) is 0 Å². The number of amides is 1. The van der Waals surface area contributed by atoms with Gasteiger partial charge in [0.2, 0.25) is 10.0 Å². The molecule has 0 spiro atoms. The molecule has 2 aromatic carbocycles. The van der Waals surface area contributed by atoms with Crippen molar-refractivity contribution in [2.24, 2.45) is 0 Å². The van der Waals surface area contributed by atoms with Gasteiger partial charge in [0, 0.05) is 26.2 Å². The largest absolute Gasteiger partial charge is 0.449 e. The maximum Gasteiger partial charge on any atom is 0.341 e. The molecule has 3 aromatic rings. The van der Waals surface area contributed by atoms with E-state index in [9.17, 15) is 18.0 Å². The molecular weight excluding hydrogens is 448 g/mol. The summed E-state index contributed by atoms with van der Waals surface area (Å²) in [5.74, 6) is -1.08. The molecule has 1 aromatic heterocycles. The van der Waals surface area contributed by atoms with Crippen molar-refractivity contribution in [1.29, 1.82) is 0 Å². The molecule has 12 heteroatoms. The molecule has 1 fully saturated rings. The average Bonchev–Trinajstić information content (AvgIpc) is 3.39. The number of tetrazole rings is 1. The number of ether oxygens (including phenoxy) is 1. The molecule has 0 N–H and O–H groups in total. The third-order valence-corrected chi connectivity index (χ3v) is 7.20. The van der Waals surface area contributed by atoms with Crippen LogP contribution < -0.4 is 0 Å². The van der Waals surface area contributed by atoms with Crippen LogP contribution >= 0.6 is 0 Å². The van der Waals surface area contributed by atoms with E-state index in [0.29, 0.717) is 5.69 Å². The van der Waals surface area contributed by atoms with Crippen LogP contribution in [0.5, 0.6) is 0 Å². The summed E-state index contributed by atoms with van der Waals surface area (Å²) in [6.45, 7) is 2.21. The number of carbonyl (C=O) groups is 2. The highest BCUT2D eigenvalue weighted by atomic mass is 32.2. The summed E-state index contributed by atoms with van der Waals surface area (Å²) in [4.78, 5) is 27.3. The van der Waals surface area contributed by atoms with Gasteiger partial charge in [-0.1, -0.05) is 30.3 Å². The summed E-state index contributed by atoms with van der Waals surface area (Å²) >= 11 is 0. The van der Waals surface area contributed by atoms with E-state index in [1.165, 1.54) is 27.1 Å². The molecule has 1 atom stereocenters. The van der Waals surface area contributed by atoms with Crippen molar-refractivity contribution in [1.82, 2.24) is 29.4 Å². The fraction of sp³-hybridized carbons (Fsp3) is 0.286. The summed E-state index contributed by atoms with van der Waals surface area (Å²) in [6.07, 6.45) is 0.306. The van der Waals surface area contributed by atoms with Crippen LogP contribution in [0.2, 0.25) is 0 Å². The van der Waals surface area contributed by atoms with Crippen LogP contribution in [-0.4, -0.2) is 82.0 Å². The number of nitrogens with zero attached hydrogens (tertiary/aromatic N) is 6. The Balaban J connectivity index is 1.38. The van der Waals surface area contributed by atoms with E-state index >= 15 is 0 Å². The van der Waals surface area contributed by atoms with E-state index in [1.54, 1.807) is 54.6 Å². The topological polar surface area (TPSA) is 128 Å². The highest BCUT2D eigenvalue weighted by Crippen LogP contribution is 2.19. The van der Waals surface area contributed by atoms with Crippen LogP contribution in [0.1, 0.15) is 17.3 Å². The molecule has 1 unspecified atom stereocenters. The number of piperazine rings is 1. The third-order valence-electron chi connectivity index (χ3n) is 5.28. The van der Waals surface area contributed by atoms with Gasteiger partial charge in [-0.25, -0.2) is 13.2 Å². The van der Waals surface area contributed by atoms with Gasteiger partial charge in [0.25, 0.3) is 5.91 Å². The molecule has 172 valence electrons. The van der Waals surface area contributed by atoms with Crippen LogP contribution in [0, 0.1) is 0 Å². The van der Waals surface area contributed by atoms with Gasteiger partial charge in [0.1, 0.15) is 6.33 Å². The second kappa shape index (κ2) is 9.46. The highest BCUT2D eigenvalue weighted by molar-refractivity contribution is 7.89. The van der Waals surface area contributed by atoms with E-state index in [-0.39, 0.29) is 42.5 Å². The van der Waals surface area contributed by atoms with Gasteiger partial charge in [-0.3, -0.25) is 4.79 Å². The number of rotatable bonds is 6. The Morgan fingerprint density at radius 2 is 1.64 bits per heavy atom. The van der Waals surface area contributed by atoms with Crippen LogP contribution in [0.3, 0.4) is 0 Å². The number of sulfonamides is 1. The number of carbonyl (C=O) groups excluding carboxylic acids is 2. The van der Waals surface area contributed by atoms with E-state index in [2.05, 4.69) is 15.5 Å². The molecule has 0 radical (unpaired) electrons. The molecule has 1 aliphatic heterocycles. The molecule has 2 heterocycles. The molecule has 33 heavy (non-hydrogen) atoms. The molecule has 0 bridgehead atoms. The fourth-order valence-electron chi connectivity index (χ4n) is 3.54. The second-order valence-electron chi connectivity index (χ2n) is 7.36. The molecule has 0 saturated carbocycles. The first-order chi connectivity index (χ1) is 15.9. The second-order valence-corrected chi connectivity index (χ2v) is 9.30. The van der Waals surface area contributed by atoms with Crippen molar-refractivity contribution in [3.05, 3.63) is 66.5 Å². The van der Waals surface area contributed by atoms with Crippen molar-refractivity contribution in [3.8, 4) is 5.69 Å². The van der Waals surface area contributed by atoms with Crippen LogP contribution in [0.4, 0.5) is 0 Å². The SMILES string of the molecule is CC(OC(=O)c1ccccc1-n1cnnn1)C(=O)N1CCN(S(=O)(=O)c2ccccc2)CC1. The van der Waals surface area contributed by atoms with Crippen LogP contribution in [0.25, 0.3) is 5.69 Å². The Morgan fingerprint density at radius 1 is 0.970 bits per heavy atom. The summed E-state index contributed by atoms with van der Waals surface area (Å²) in [5, 5.41) is 10.9. The Bertz CT molecular complexity index is 1230. The minimum Gasteiger partial charge on any atom is -0.449 e. The lowest BCUT2D eigenvalue weighted by molar-refractivity contribution is -0.141. The molecular formula is C21H22N6O5S. The van der Waals surface area contributed by atoms with Crippen LogP contribution in [-0.2, 0) is 19.6 Å². The summed E-state index contributed by atoms with van der Waals surface area (Å²) in [5.41, 5.74) is 0.634. The highest BCUT2D eigenvalue weighted by Gasteiger charge is 2.32. The smallest absolute Gasteiger partial charge is 0.341 e. The number of aromatic nitrogens is 4. The molecule has 11 nitrogen and oxygen atoms in total. The lowest BCUT2D eigenvalue weighted by Crippen LogP contribution is -2.52. The lowest BCUT2D eigenvalue weighted by Gasteiger charge is -2.35. The Morgan fingerprint density at radius 3 is 2.30 bits per heavy atom. The van der Waals surface area contributed by atoms with Crippen molar-refractivity contribution < 1.29 is 22.7 Å². The number of para-hydroxylation sites is 1. The number of benzene rings is 2. The molecule has 1 amide bonds. The monoisotopic (exact) mass is 470 g/mol. The minimum absolute atomic E-state index is 0.158. The third kappa shape index (κ3) is 4.76. The predicted molar refractivity (Wildman–Crippen MR) is 116 cm³/mol. The molecule has 1 saturated heterocycles. The van der Waals surface area contributed by atoms with Gasteiger partial charge in [-0.2, -0.15) is 8.99 Å². The minimum atomic E-state index is -3.62. The molecule has 1 aliphatic rings. The Kier molecular flexibility index (Phi) is 6.47. The predicted octanol–water partition coefficient (Wildman–Crippen LogP) is 0.741. The van der Waals surface area contributed by atoms with Crippen LogP contribution in [0.15, 0.2) is 65.8 Å². The van der Waals surface area contributed by atoms with Gasteiger partial charge in [-0.05, 0) is 41.6 Å². The molecule has 0 aliphatic carbocycles. The van der Waals surface area contributed by atoms with E-state index in [0.717, 1.165) is 0 Å². The van der Waals surface area contributed by atoms with Gasteiger partial charge in [0.05, 0.1) is 16.1 Å². The van der Waals surface area contributed by atoms with Crippen molar-refractivity contribution in [2.45, 2.75) is 17.9 Å². The van der Waals surface area contributed by atoms with Gasteiger partial charge >= 0.3 is 5.97 Å². The summed E-state index contributed by atoms with van der Waals surface area (Å²) in [7, 11) is -3.62. The quantitative estimate of drug-likeness (QED) is 0.483. The summed E-state index contributed by atoms with van der Waals surface area (Å²) in [6, 6.07) is 14.8. The zero-order valence-corrected chi connectivity index (χ0v) is 18.6. The first kappa shape index (κ1) is 22.6. The lowest BCUT2D eigenvalue weighted by atomic mass is 10.2. The standard InChI is InChI=1S/C21H22N6O5S/c1-16(32-21(29)18-9-5-6-10-19(18)27-15-22-23-24-27)20(28)25-11-13-26(14-12-25)33(30,31)17-7-3-2-4-8-17/h2-10,15-16H,11-14H2,1H3. The van der Waals surface area contributed by atoms with Gasteiger partial charge in [-0.15, -0.1) is 5.10 Å². The van der Waals surface area contributed by atoms with Gasteiger partial charge < -0.3 is 9.64 Å². The average molecular weight is 471 g/mol. The summed E-state index contributed by atoms with van der Waals surface area (Å²) < 4.78 is 33.6. The molecule has 4 rings (SSSR count). The van der Waals surface area contributed by atoms with Crippen molar-refractivity contribution in [3.63, 3.8) is 0 Å². The first-order valence-electron chi connectivity index (χ1n) is 10.3. The zero-order valence-electron chi connectivity index (χ0n) is 17.8. The fourth-order valence-corrected chi connectivity index (χ4v) is 4.98. The number of hydrogen-bond acceptors (Lipinski definition) is 8. The normalized spacial score (nSPS) is 15.7. The zero-order chi connectivity index (χ0) is 23.4. The number of esters is 1. The maximum absolute atomic E-state index is 12.8. The maximum atomic E-state index is 12.8. The first-order valence-corrected chi connectivity index (χ1v) is 11.7. The van der Waals surface area contributed by atoms with Crippen molar-refractivity contribution in [2.75, 3.05) is 26.2 Å². The number of hydrogen-bond donors (Lipinski definition) is 0. The van der Waals surface area contributed by atoms with E-state index < -0.39 is 22.1 Å². The Hall–Kier alpha value is -3.64. The van der Waals surface area contributed by atoms with E-state index in [4.69, 9.17) is 4.74 Å². The van der Waals surface area contributed by atoms with Gasteiger partial charge in [0.15, 0.2) is 6.10 Å². The van der Waals surface area contributed by atoms with Crippen molar-refractivity contribution >= 4 is 21.9 Å².